The van der Waals surface area contributed by atoms with Crippen molar-refractivity contribution >= 4 is 17.7 Å². The first kappa shape index (κ1) is 27.1. The topological polar surface area (TPSA) is 105 Å². The zero-order valence-corrected chi connectivity index (χ0v) is 21.6. The summed E-state index contributed by atoms with van der Waals surface area (Å²) in [6.07, 6.45) is 0.625. The maximum Gasteiger partial charge on any atom is 0.315 e. The summed E-state index contributed by atoms with van der Waals surface area (Å²) in [7, 11) is 0. The summed E-state index contributed by atoms with van der Waals surface area (Å²) in [6, 6.07) is 26.0. The molecule has 0 amide bonds. The molecule has 1 aliphatic carbocycles. The second kappa shape index (κ2) is 12.0. The summed E-state index contributed by atoms with van der Waals surface area (Å²) in [5.41, 5.74) is 1.75. The molecule has 4 atom stereocenters. The maximum absolute atomic E-state index is 13.6. The van der Waals surface area contributed by atoms with E-state index in [-0.39, 0.29) is 25.3 Å². The molecule has 3 aromatic rings. The first-order valence-electron chi connectivity index (χ1n) is 12.8. The van der Waals surface area contributed by atoms with Crippen LogP contribution in [0.2, 0.25) is 0 Å². The van der Waals surface area contributed by atoms with Gasteiger partial charge in [-0.15, -0.1) is 0 Å². The minimum absolute atomic E-state index is 0.0237. The number of ether oxygens (including phenoxy) is 2. The predicted molar refractivity (Wildman–Crippen MR) is 142 cm³/mol. The first-order valence-corrected chi connectivity index (χ1v) is 12.8. The van der Waals surface area contributed by atoms with Crippen LogP contribution in [-0.2, 0) is 38.7 Å². The molecule has 4 unspecified atom stereocenters. The van der Waals surface area contributed by atoms with Crippen molar-refractivity contribution in [3.63, 3.8) is 0 Å². The Labute approximate surface area is 222 Å². The Morgan fingerprint density at radius 3 is 1.87 bits per heavy atom. The predicted octanol–water partition coefficient (Wildman–Crippen LogP) is 5.04. The van der Waals surface area contributed by atoms with Crippen molar-refractivity contribution in [3.05, 3.63) is 107 Å². The van der Waals surface area contributed by atoms with Gasteiger partial charge in [-0.25, -0.2) is 0 Å². The number of hydrogen-bond acceptors (Lipinski definition) is 7. The molecule has 0 heterocycles. The monoisotopic (exact) mass is 515 g/mol. The van der Waals surface area contributed by atoms with Gasteiger partial charge in [-0.3, -0.25) is 9.59 Å². The van der Waals surface area contributed by atoms with Crippen molar-refractivity contribution in [2.75, 3.05) is 0 Å². The summed E-state index contributed by atoms with van der Waals surface area (Å²) < 4.78 is 11.3. The molecule has 2 N–H and O–H groups in total. The van der Waals surface area contributed by atoms with E-state index >= 15 is 0 Å². The molecule has 0 bridgehead atoms. The molecule has 1 saturated carbocycles. The third-order valence-electron chi connectivity index (χ3n) is 7.14. The summed E-state index contributed by atoms with van der Waals surface area (Å²) in [6.45, 7) is 3.59. The van der Waals surface area contributed by atoms with E-state index in [1.165, 1.54) is 6.92 Å². The lowest BCUT2D eigenvalue weighted by molar-refractivity contribution is -0.165. The van der Waals surface area contributed by atoms with Crippen LogP contribution in [-0.4, -0.2) is 33.6 Å². The van der Waals surface area contributed by atoms with Crippen molar-refractivity contribution in [1.82, 2.24) is 0 Å². The van der Waals surface area contributed by atoms with E-state index in [9.17, 15) is 19.9 Å². The lowest BCUT2D eigenvalue weighted by Gasteiger charge is -2.44. The van der Waals surface area contributed by atoms with Crippen LogP contribution in [0.15, 0.2) is 90.1 Å². The van der Waals surface area contributed by atoms with Crippen molar-refractivity contribution < 1.29 is 29.4 Å². The van der Waals surface area contributed by atoms with Gasteiger partial charge in [-0.1, -0.05) is 97.0 Å². The van der Waals surface area contributed by atoms with Gasteiger partial charge >= 0.3 is 11.9 Å². The molecular formula is C31H33NO6. The van der Waals surface area contributed by atoms with Crippen molar-refractivity contribution in [2.45, 2.75) is 51.4 Å². The van der Waals surface area contributed by atoms with Gasteiger partial charge in [-0.2, -0.15) is 0 Å². The molecule has 38 heavy (non-hydrogen) atoms. The molecule has 4 rings (SSSR count). The van der Waals surface area contributed by atoms with Crippen molar-refractivity contribution in [2.24, 2.45) is 17.0 Å². The minimum Gasteiger partial charge on any atom is -0.461 e. The number of carbonyl (C=O) groups excluding carboxylic acids is 2. The van der Waals surface area contributed by atoms with Crippen LogP contribution in [0, 0.1) is 11.8 Å². The third-order valence-corrected chi connectivity index (χ3v) is 7.14. The number of benzene rings is 3. The lowest BCUT2D eigenvalue weighted by atomic mass is 9.61. The molecule has 0 saturated heterocycles. The van der Waals surface area contributed by atoms with Gasteiger partial charge < -0.3 is 19.8 Å². The summed E-state index contributed by atoms with van der Waals surface area (Å²) >= 11 is 0. The van der Waals surface area contributed by atoms with E-state index in [2.05, 4.69) is 5.16 Å². The third kappa shape index (κ3) is 6.11. The van der Waals surface area contributed by atoms with E-state index < -0.39 is 35.3 Å². The molecule has 1 aliphatic rings. The second-order valence-electron chi connectivity index (χ2n) is 9.89. The standard InChI is InChI=1S/C31H33NO6/c1-3-21-14-16-24(17-15-21)26-27(29(33)37-19-22-10-6-4-7-11-22)25(32-36)18-31(2,35)28(26)30(34)38-20-23-12-8-5-9-13-23/h4-17,26-28,35-36H,3,18-20H2,1-2H3. The Hall–Kier alpha value is -3.97. The Kier molecular flexibility index (Phi) is 8.59. The molecular weight excluding hydrogens is 482 g/mol. The van der Waals surface area contributed by atoms with Gasteiger partial charge in [0.1, 0.15) is 19.1 Å². The van der Waals surface area contributed by atoms with Crippen LogP contribution < -0.4 is 0 Å². The highest BCUT2D eigenvalue weighted by molar-refractivity contribution is 6.05. The summed E-state index contributed by atoms with van der Waals surface area (Å²) in [5.74, 6) is -4.35. The highest BCUT2D eigenvalue weighted by atomic mass is 16.5. The van der Waals surface area contributed by atoms with Crippen LogP contribution in [0.3, 0.4) is 0 Å². The van der Waals surface area contributed by atoms with E-state index in [0.29, 0.717) is 5.56 Å². The molecule has 7 heteroatoms. The first-order chi connectivity index (χ1) is 18.3. The Bertz CT molecular complexity index is 1250. The maximum atomic E-state index is 13.6. The van der Waals surface area contributed by atoms with Crippen molar-refractivity contribution in [1.29, 1.82) is 0 Å². The van der Waals surface area contributed by atoms with Crippen LogP contribution in [0.4, 0.5) is 0 Å². The van der Waals surface area contributed by atoms with Gasteiger partial charge in [-0.05, 0) is 35.6 Å². The number of hydrogen-bond donors (Lipinski definition) is 2. The zero-order chi connectivity index (χ0) is 27.1. The van der Waals surface area contributed by atoms with Gasteiger partial charge in [0.25, 0.3) is 0 Å². The fourth-order valence-corrected chi connectivity index (χ4v) is 5.15. The molecule has 198 valence electrons. The number of rotatable bonds is 8. The Morgan fingerprint density at radius 2 is 1.37 bits per heavy atom. The van der Waals surface area contributed by atoms with Crippen LogP contribution in [0.5, 0.6) is 0 Å². The van der Waals surface area contributed by atoms with E-state index in [4.69, 9.17) is 9.47 Å². The summed E-state index contributed by atoms with van der Waals surface area (Å²) in [5, 5.41) is 24.8. The smallest absolute Gasteiger partial charge is 0.315 e. The average molecular weight is 516 g/mol. The SMILES string of the molecule is CCc1ccc(C2C(C(=O)OCc3ccccc3)C(=NO)CC(C)(O)C2C(=O)OCc2ccccc2)cc1. The molecule has 7 nitrogen and oxygen atoms in total. The second-order valence-corrected chi connectivity index (χ2v) is 9.89. The number of oxime groups is 1. The Morgan fingerprint density at radius 1 is 0.842 bits per heavy atom. The van der Waals surface area contributed by atoms with Gasteiger partial charge in [0.15, 0.2) is 0 Å². The molecule has 0 spiro atoms. The fraction of sp³-hybridized carbons (Fsp3) is 0.323. The number of nitrogens with zero attached hydrogens (tertiary/aromatic N) is 1. The van der Waals surface area contributed by atoms with Crippen LogP contribution >= 0.6 is 0 Å². The van der Waals surface area contributed by atoms with Crippen molar-refractivity contribution in [3.8, 4) is 0 Å². The molecule has 3 aromatic carbocycles. The highest BCUT2D eigenvalue weighted by Crippen LogP contribution is 2.47. The van der Waals surface area contributed by atoms with E-state index in [1.54, 1.807) is 0 Å². The van der Waals surface area contributed by atoms with E-state index in [1.807, 2.05) is 91.9 Å². The normalized spacial score (nSPS) is 24.1. The Balaban J connectivity index is 1.70. The number of aryl methyl sites for hydroxylation is 1. The number of aliphatic hydroxyl groups is 1. The zero-order valence-electron chi connectivity index (χ0n) is 21.6. The molecule has 1 fully saturated rings. The number of carbonyl (C=O) groups is 2. The lowest BCUT2D eigenvalue weighted by Crippen LogP contribution is -2.55. The average Bonchev–Trinajstić information content (AvgIpc) is 2.94. The quantitative estimate of drug-likeness (QED) is 0.247. The molecule has 0 aromatic heterocycles. The van der Waals surface area contributed by atoms with E-state index in [0.717, 1.165) is 23.1 Å². The highest BCUT2D eigenvalue weighted by Gasteiger charge is 2.56. The largest absolute Gasteiger partial charge is 0.461 e. The van der Waals surface area contributed by atoms with Gasteiger partial charge in [0.2, 0.25) is 0 Å². The molecule has 0 radical (unpaired) electrons. The number of esters is 2. The van der Waals surface area contributed by atoms with Crippen LogP contribution in [0.1, 0.15) is 48.4 Å². The minimum atomic E-state index is -1.64. The van der Waals surface area contributed by atoms with Gasteiger partial charge in [0.05, 0.1) is 17.2 Å². The van der Waals surface area contributed by atoms with Crippen LogP contribution in [0.25, 0.3) is 0 Å². The van der Waals surface area contributed by atoms with Gasteiger partial charge in [0, 0.05) is 12.3 Å². The molecule has 0 aliphatic heterocycles. The fourth-order valence-electron chi connectivity index (χ4n) is 5.15. The summed E-state index contributed by atoms with van der Waals surface area (Å²) in [4.78, 5) is 27.2.